The highest BCUT2D eigenvalue weighted by Gasteiger charge is 2.34. The fourth-order valence-electron chi connectivity index (χ4n) is 1.38. The Morgan fingerprint density at radius 3 is 2.45 bits per heavy atom. The molecule has 7 nitrogen and oxygen atoms in total. The van der Waals surface area contributed by atoms with Gasteiger partial charge in [-0.2, -0.15) is 8.70 Å². The van der Waals surface area contributed by atoms with Crippen LogP contribution in [0.3, 0.4) is 0 Å². The lowest BCUT2D eigenvalue weighted by Gasteiger charge is -2.32. The van der Waals surface area contributed by atoms with Crippen molar-refractivity contribution in [1.29, 1.82) is 0 Å². The number of benzene rings is 1. The number of nitrogens with zero attached hydrogens (tertiary/aromatic N) is 2. The first kappa shape index (κ1) is 16.5. The lowest BCUT2D eigenvalue weighted by molar-refractivity contribution is -0.387. The average Bonchev–Trinajstić information content (AvgIpc) is 2.37. The number of nitro benzene ring substituents is 1. The highest BCUT2D eigenvalue weighted by molar-refractivity contribution is 7.89. The van der Waals surface area contributed by atoms with Gasteiger partial charge in [0.05, 0.1) is 22.0 Å². The summed E-state index contributed by atoms with van der Waals surface area (Å²) in [5, 5.41) is 19.8. The van der Waals surface area contributed by atoms with Gasteiger partial charge in [0, 0.05) is 13.1 Å². The molecule has 0 aliphatic heterocycles. The van der Waals surface area contributed by atoms with Crippen molar-refractivity contribution in [3.8, 4) is 0 Å². The van der Waals surface area contributed by atoms with Crippen LogP contribution in [-0.2, 0) is 10.0 Å². The van der Waals surface area contributed by atoms with Crippen LogP contribution in [0, 0.1) is 15.9 Å². The summed E-state index contributed by atoms with van der Waals surface area (Å²) in [7, 11) is -2.84. The van der Waals surface area contributed by atoms with Crippen molar-refractivity contribution >= 4 is 15.7 Å². The van der Waals surface area contributed by atoms with Crippen LogP contribution in [-0.4, -0.2) is 41.9 Å². The zero-order chi connectivity index (χ0) is 15.7. The van der Waals surface area contributed by atoms with Gasteiger partial charge in [0.15, 0.2) is 0 Å². The molecule has 1 N–H and O–H groups in total. The van der Waals surface area contributed by atoms with Crippen molar-refractivity contribution in [1.82, 2.24) is 4.31 Å². The van der Waals surface area contributed by atoms with Gasteiger partial charge in [0.25, 0.3) is 0 Å². The van der Waals surface area contributed by atoms with Gasteiger partial charge < -0.3 is 5.11 Å². The lowest BCUT2D eigenvalue weighted by atomic mass is 10.1. The molecule has 0 spiro atoms. The third kappa shape index (κ3) is 2.94. The molecule has 1 rings (SSSR count). The zero-order valence-corrected chi connectivity index (χ0v) is 12.0. The quantitative estimate of drug-likeness (QED) is 0.649. The number of rotatable bonds is 5. The van der Waals surface area contributed by atoms with E-state index < -0.39 is 43.5 Å². The van der Waals surface area contributed by atoms with Gasteiger partial charge in [-0.1, -0.05) is 0 Å². The van der Waals surface area contributed by atoms with Crippen LogP contribution >= 0.6 is 0 Å². The van der Waals surface area contributed by atoms with E-state index in [-0.39, 0.29) is 0 Å². The van der Waals surface area contributed by atoms with Crippen molar-refractivity contribution in [2.24, 2.45) is 0 Å². The minimum Gasteiger partial charge on any atom is -0.394 e. The van der Waals surface area contributed by atoms with E-state index in [0.717, 1.165) is 16.4 Å². The van der Waals surface area contributed by atoms with Gasteiger partial charge in [-0.3, -0.25) is 10.1 Å². The van der Waals surface area contributed by atoms with E-state index in [1.54, 1.807) is 0 Å². The molecule has 0 radical (unpaired) electrons. The molecule has 0 atom stereocenters. The second-order valence-electron chi connectivity index (χ2n) is 4.81. The van der Waals surface area contributed by atoms with Gasteiger partial charge in [-0.05, 0) is 26.0 Å². The van der Waals surface area contributed by atoms with Crippen molar-refractivity contribution in [2.75, 3.05) is 13.7 Å². The number of hydrogen-bond donors (Lipinski definition) is 1. The van der Waals surface area contributed by atoms with Crippen LogP contribution in [0.4, 0.5) is 10.1 Å². The Kier molecular flexibility index (Phi) is 4.47. The minimum atomic E-state index is -4.08. The molecule has 0 amide bonds. The number of aliphatic hydroxyl groups excluding tert-OH is 1. The third-order valence-electron chi connectivity index (χ3n) is 3.01. The van der Waals surface area contributed by atoms with Crippen LogP contribution in [0.15, 0.2) is 23.1 Å². The summed E-state index contributed by atoms with van der Waals surface area (Å²) >= 11 is 0. The Morgan fingerprint density at radius 1 is 1.45 bits per heavy atom. The monoisotopic (exact) mass is 306 g/mol. The number of nitro groups is 1. The standard InChI is InChI=1S/C11H15FN2O5S/c1-11(2,7-15)13(3)20(18,19)8-4-5-9(12)10(6-8)14(16)17/h4-6,15H,7H2,1-3H3. The van der Waals surface area contributed by atoms with Crippen molar-refractivity contribution in [2.45, 2.75) is 24.3 Å². The maximum absolute atomic E-state index is 13.2. The summed E-state index contributed by atoms with van der Waals surface area (Å²) in [5.74, 6) is -1.11. The second kappa shape index (κ2) is 5.43. The fraction of sp³-hybridized carbons (Fsp3) is 0.455. The molecular formula is C11H15FN2O5S. The first-order chi connectivity index (χ1) is 9.04. The summed E-state index contributed by atoms with van der Waals surface area (Å²) in [6.07, 6.45) is 0. The Bertz CT molecular complexity index is 630. The highest BCUT2D eigenvalue weighted by Crippen LogP contribution is 2.26. The SMILES string of the molecule is CN(C(C)(C)CO)S(=O)(=O)c1ccc(F)c([N+](=O)[O-])c1. The van der Waals surface area contributed by atoms with Crippen LogP contribution in [0.2, 0.25) is 0 Å². The van der Waals surface area contributed by atoms with Crippen LogP contribution in [0.5, 0.6) is 0 Å². The lowest BCUT2D eigenvalue weighted by Crippen LogP contribution is -2.47. The zero-order valence-electron chi connectivity index (χ0n) is 11.2. The summed E-state index contributed by atoms with van der Waals surface area (Å²) in [6.45, 7) is 2.54. The van der Waals surface area contributed by atoms with Gasteiger partial charge in [-0.25, -0.2) is 8.42 Å². The first-order valence-electron chi connectivity index (χ1n) is 5.58. The van der Waals surface area contributed by atoms with Crippen molar-refractivity contribution < 1.29 is 22.8 Å². The minimum absolute atomic E-state index is 0.408. The smallest absolute Gasteiger partial charge is 0.306 e. The molecule has 20 heavy (non-hydrogen) atoms. The second-order valence-corrected chi connectivity index (χ2v) is 6.78. The van der Waals surface area contributed by atoms with Crippen molar-refractivity contribution in [3.05, 3.63) is 34.1 Å². The Morgan fingerprint density at radius 2 is 2.00 bits per heavy atom. The highest BCUT2D eigenvalue weighted by atomic mass is 32.2. The van der Waals surface area contributed by atoms with E-state index in [1.807, 2.05) is 0 Å². The number of aliphatic hydroxyl groups is 1. The molecule has 0 aliphatic rings. The Hall–Kier alpha value is -1.58. The Labute approximate surface area is 115 Å². The molecule has 0 aliphatic carbocycles. The largest absolute Gasteiger partial charge is 0.394 e. The average molecular weight is 306 g/mol. The molecule has 1 aromatic carbocycles. The molecule has 9 heteroatoms. The van der Waals surface area contributed by atoms with E-state index in [4.69, 9.17) is 0 Å². The third-order valence-corrected chi connectivity index (χ3v) is 5.08. The fourth-order valence-corrected chi connectivity index (χ4v) is 2.90. The maximum Gasteiger partial charge on any atom is 0.306 e. The molecule has 0 bridgehead atoms. The topological polar surface area (TPSA) is 101 Å². The van der Waals surface area contributed by atoms with Gasteiger partial charge in [0.1, 0.15) is 0 Å². The normalized spacial score (nSPS) is 12.7. The number of halogens is 1. The van der Waals surface area contributed by atoms with Gasteiger partial charge in [0.2, 0.25) is 15.8 Å². The molecule has 0 saturated carbocycles. The van der Waals surface area contributed by atoms with E-state index in [0.29, 0.717) is 6.07 Å². The van der Waals surface area contributed by atoms with E-state index in [9.17, 15) is 28.0 Å². The molecular weight excluding hydrogens is 291 g/mol. The number of sulfonamides is 1. The summed E-state index contributed by atoms with van der Waals surface area (Å²) in [6, 6.07) is 2.33. The molecule has 0 heterocycles. The molecule has 0 saturated heterocycles. The van der Waals surface area contributed by atoms with Gasteiger partial charge >= 0.3 is 5.69 Å². The number of hydrogen-bond acceptors (Lipinski definition) is 5. The van der Waals surface area contributed by atoms with E-state index in [2.05, 4.69) is 0 Å². The molecule has 1 aromatic rings. The predicted octanol–water partition coefficient (Wildman–Crippen LogP) is 1.13. The summed E-state index contributed by atoms with van der Waals surface area (Å²) in [4.78, 5) is 9.24. The molecule has 112 valence electrons. The van der Waals surface area contributed by atoms with Crippen LogP contribution < -0.4 is 0 Å². The maximum atomic E-state index is 13.2. The first-order valence-corrected chi connectivity index (χ1v) is 7.02. The summed E-state index contributed by atoms with van der Waals surface area (Å²) in [5.41, 5.74) is -2.01. The molecule has 0 fully saturated rings. The molecule has 0 unspecified atom stereocenters. The Balaban J connectivity index is 3.37. The predicted molar refractivity (Wildman–Crippen MR) is 69.2 cm³/mol. The van der Waals surface area contributed by atoms with Gasteiger partial charge in [-0.15, -0.1) is 0 Å². The summed E-state index contributed by atoms with van der Waals surface area (Å²) < 4.78 is 38.7. The number of likely N-dealkylation sites (N-methyl/N-ethyl adjacent to an activating group) is 1. The van der Waals surface area contributed by atoms with E-state index >= 15 is 0 Å². The van der Waals surface area contributed by atoms with Crippen LogP contribution in [0.1, 0.15) is 13.8 Å². The van der Waals surface area contributed by atoms with E-state index in [1.165, 1.54) is 20.9 Å². The van der Waals surface area contributed by atoms with Crippen LogP contribution in [0.25, 0.3) is 0 Å². The molecule has 0 aromatic heterocycles. The van der Waals surface area contributed by atoms with Crippen molar-refractivity contribution in [3.63, 3.8) is 0 Å².